The van der Waals surface area contributed by atoms with Gasteiger partial charge >= 0.3 is 5.97 Å². The van der Waals surface area contributed by atoms with Gasteiger partial charge in [0.15, 0.2) is 0 Å². The molecule has 1 aromatic carbocycles. The van der Waals surface area contributed by atoms with Crippen LogP contribution in [0.4, 0.5) is 0 Å². The molecule has 5 heteroatoms. The van der Waals surface area contributed by atoms with Crippen LogP contribution in [-0.2, 0) is 11.2 Å². The minimum atomic E-state index is -0.860. The van der Waals surface area contributed by atoms with Gasteiger partial charge in [-0.25, -0.2) is 0 Å². The Morgan fingerprint density at radius 2 is 2.11 bits per heavy atom. The molecule has 1 rings (SSSR count). The van der Waals surface area contributed by atoms with Crippen LogP contribution >= 0.6 is 0 Å². The minimum Gasteiger partial charge on any atom is -0.494 e. The van der Waals surface area contributed by atoms with E-state index >= 15 is 0 Å². The summed E-state index contributed by atoms with van der Waals surface area (Å²) in [6.07, 6.45) is 0.877. The zero-order valence-electron chi connectivity index (χ0n) is 11.3. The molecule has 0 fully saturated rings. The van der Waals surface area contributed by atoms with Crippen LogP contribution in [0.5, 0.6) is 5.75 Å². The topological polar surface area (TPSA) is 84.6 Å². The number of benzene rings is 1. The van der Waals surface area contributed by atoms with Gasteiger partial charge in [0.05, 0.1) is 13.0 Å². The van der Waals surface area contributed by atoms with E-state index in [1.807, 2.05) is 31.2 Å². The molecule has 1 atom stereocenters. The highest BCUT2D eigenvalue weighted by Crippen LogP contribution is 2.12. The zero-order valence-corrected chi connectivity index (χ0v) is 11.3. The first kappa shape index (κ1) is 15.5. The number of nitrogens with one attached hydrogen (secondary N) is 1. The molecule has 1 unspecified atom stereocenters. The van der Waals surface area contributed by atoms with Crippen molar-refractivity contribution in [2.45, 2.75) is 25.8 Å². The lowest BCUT2D eigenvalue weighted by atomic mass is 10.1. The van der Waals surface area contributed by atoms with Gasteiger partial charge in [-0.15, -0.1) is 0 Å². The Kier molecular flexibility index (Phi) is 6.92. The van der Waals surface area contributed by atoms with Crippen LogP contribution in [-0.4, -0.2) is 36.8 Å². The minimum absolute atomic E-state index is 0.00392. The number of rotatable bonds is 9. The number of carbonyl (C=O) groups is 1. The highest BCUT2D eigenvalue weighted by atomic mass is 16.5. The van der Waals surface area contributed by atoms with Gasteiger partial charge in [-0.3, -0.25) is 4.79 Å². The quantitative estimate of drug-likeness (QED) is 0.581. The Morgan fingerprint density at radius 1 is 1.42 bits per heavy atom. The fourth-order valence-electron chi connectivity index (χ4n) is 1.74. The van der Waals surface area contributed by atoms with Gasteiger partial charge in [-0.2, -0.15) is 0 Å². The highest BCUT2D eigenvalue weighted by molar-refractivity contribution is 5.67. The first-order chi connectivity index (χ1) is 9.11. The smallest absolute Gasteiger partial charge is 0.304 e. The van der Waals surface area contributed by atoms with Crippen LogP contribution in [0, 0.1) is 0 Å². The molecule has 0 radical (unpaired) electrons. The molecule has 0 aliphatic carbocycles. The fraction of sp³-hybridized carbons (Fsp3) is 0.500. The lowest BCUT2D eigenvalue weighted by Gasteiger charge is -2.10. The second kappa shape index (κ2) is 8.50. The number of nitrogens with two attached hydrogens (primary N) is 1. The van der Waals surface area contributed by atoms with Crippen molar-refractivity contribution >= 4 is 5.97 Å². The van der Waals surface area contributed by atoms with Crippen molar-refractivity contribution in [3.8, 4) is 5.75 Å². The molecule has 0 aliphatic rings. The first-order valence-corrected chi connectivity index (χ1v) is 6.51. The molecule has 0 spiro atoms. The number of hydrogen-bond acceptors (Lipinski definition) is 4. The van der Waals surface area contributed by atoms with Crippen molar-refractivity contribution in [3.05, 3.63) is 29.8 Å². The molecule has 4 N–H and O–H groups in total. The third-order valence-electron chi connectivity index (χ3n) is 2.67. The number of carboxylic acids is 1. The first-order valence-electron chi connectivity index (χ1n) is 6.51. The Morgan fingerprint density at radius 3 is 2.68 bits per heavy atom. The molecule has 0 saturated heterocycles. The summed E-state index contributed by atoms with van der Waals surface area (Å²) < 4.78 is 5.37. The maximum atomic E-state index is 10.4. The van der Waals surface area contributed by atoms with E-state index in [9.17, 15) is 4.79 Å². The van der Waals surface area contributed by atoms with E-state index in [-0.39, 0.29) is 12.5 Å². The van der Waals surface area contributed by atoms with Gasteiger partial charge in [0.25, 0.3) is 0 Å². The molecule has 19 heavy (non-hydrogen) atoms. The highest BCUT2D eigenvalue weighted by Gasteiger charge is 2.06. The monoisotopic (exact) mass is 266 g/mol. The van der Waals surface area contributed by atoms with E-state index in [2.05, 4.69) is 5.32 Å². The summed E-state index contributed by atoms with van der Waals surface area (Å²) in [5, 5.41) is 11.7. The molecule has 0 bridgehead atoms. The van der Waals surface area contributed by atoms with E-state index in [1.54, 1.807) is 0 Å². The number of hydrogen-bond donors (Lipinski definition) is 3. The zero-order chi connectivity index (χ0) is 14.1. The van der Waals surface area contributed by atoms with Gasteiger partial charge in [-0.1, -0.05) is 12.1 Å². The van der Waals surface area contributed by atoms with E-state index < -0.39 is 5.97 Å². The average molecular weight is 266 g/mol. The maximum absolute atomic E-state index is 10.4. The lowest BCUT2D eigenvalue weighted by Crippen LogP contribution is -2.36. The molecule has 0 saturated carbocycles. The summed E-state index contributed by atoms with van der Waals surface area (Å²) in [4.78, 5) is 10.4. The molecular weight excluding hydrogens is 244 g/mol. The fourth-order valence-corrected chi connectivity index (χ4v) is 1.74. The Labute approximate surface area is 113 Å². The third-order valence-corrected chi connectivity index (χ3v) is 2.67. The SMILES string of the molecule is CCOc1ccc(CCNCC(N)CC(=O)O)cc1. The Balaban J connectivity index is 2.20. The van der Waals surface area contributed by atoms with Gasteiger partial charge in [0, 0.05) is 12.6 Å². The summed E-state index contributed by atoms with van der Waals surface area (Å²) >= 11 is 0. The molecule has 0 amide bonds. The largest absolute Gasteiger partial charge is 0.494 e. The third kappa shape index (κ3) is 6.79. The van der Waals surface area contributed by atoms with Crippen LogP contribution in [0.25, 0.3) is 0 Å². The van der Waals surface area contributed by atoms with Crippen molar-refractivity contribution in [2.24, 2.45) is 5.73 Å². The van der Waals surface area contributed by atoms with E-state index in [4.69, 9.17) is 15.6 Å². The van der Waals surface area contributed by atoms with Crippen molar-refractivity contribution in [1.82, 2.24) is 5.32 Å². The molecular formula is C14H22N2O3. The van der Waals surface area contributed by atoms with Gasteiger partial charge in [0.1, 0.15) is 5.75 Å². The molecule has 5 nitrogen and oxygen atoms in total. The van der Waals surface area contributed by atoms with Crippen LogP contribution in [0.1, 0.15) is 18.9 Å². The number of carboxylic acid groups (broad SMARTS) is 1. The summed E-state index contributed by atoms with van der Waals surface area (Å²) in [6, 6.07) is 7.63. The van der Waals surface area contributed by atoms with Crippen molar-refractivity contribution < 1.29 is 14.6 Å². The number of aliphatic carboxylic acids is 1. The Bertz CT molecular complexity index is 379. The molecule has 1 aromatic rings. The van der Waals surface area contributed by atoms with Crippen molar-refractivity contribution in [1.29, 1.82) is 0 Å². The normalized spacial score (nSPS) is 12.1. The summed E-state index contributed by atoms with van der Waals surface area (Å²) in [6.45, 7) is 3.92. The van der Waals surface area contributed by atoms with Gasteiger partial charge in [0.2, 0.25) is 0 Å². The molecule has 106 valence electrons. The second-order valence-electron chi connectivity index (χ2n) is 4.39. The second-order valence-corrected chi connectivity index (χ2v) is 4.39. The van der Waals surface area contributed by atoms with Gasteiger partial charge < -0.3 is 20.9 Å². The number of ether oxygens (including phenoxy) is 1. The van der Waals surface area contributed by atoms with Crippen LogP contribution < -0.4 is 15.8 Å². The van der Waals surface area contributed by atoms with Crippen molar-refractivity contribution in [3.63, 3.8) is 0 Å². The Hall–Kier alpha value is -1.59. The molecule has 0 aliphatic heterocycles. The summed E-state index contributed by atoms with van der Waals surface area (Å²) in [5.74, 6) is 0.0171. The summed E-state index contributed by atoms with van der Waals surface area (Å²) in [5.41, 5.74) is 6.86. The van der Waals surface area contributed by atoms with E-state index in [0.717, 1.165) is 18.7 Å². The van der Waals surface area contributed by atoms with E-state index in [0.29, 0.717) is 13.2 Å². The molecule has 0 heterocycles. The van der Waals surface area contributed by atoms with E-state index in [1.165, 1.54) is 5.56 Å². The van der Waals surface area contributed by atoms with Crippen LogP contribution in [0.2, 0.25) is 0 Å². The average Bonchev–Trinajstić information content (AvgIpc) is 2.36. The standard InChI is InChI=1S/C14H22N2O3/c1-2-19-13-5-3-11(4-6-13)7-8-16-10-12(15)9-14(17)18/h3-6,12,16H,2,7-10,15H2,1H3,(H,17,18). The van der Waals surface area contributed by atoms with Gasteiger partial charge in [-0.05, 0) is 37.6 Å². The molecule has 0 aromatic heterocycles. The van der Waals surface area contributed by atoms with Crippen LogP contribution in [0.15, 0.2) is 24.3 Å². The summed E-state index contributed by atoms with van der Waals surface area (Å²) in [7, 11) is 0. The predicted octanol–water partition coefficient (Wildman–Crippen LogP) is 1.02. The lowest BCUT2D eigenvalue weighted by molar-refractivity contribution is -0.137. The van der Waals surface area contributed by atoms with Crippen molar-refractivity contribution in [2.75, 3.05) is 19.7 Å². The maximum Gasteiger partial charge on any atom is 0.304 e. The van der Waals surface area contributed by atoms with Crippen LogP contribution in [0.3, 0.4) is 0 Å². The predicted molar refractivity (Wildman–Crippen MR) is 74.4 cm³/mol.